The van der Waals surface area contributed by atoms with Crippen molar-refractivity contribution >= 4 is 21.1 Å². The van der Waals surface area contributed by atoms with Gasteiger partial charge in [-0.3, -0.25) is 9.48 Å². The molecule has 1 saturated heterocycles. The second-order valence-corrected chi connectivity index (χ2v) is 10.4. The molecule has 11 heteroatoms. The van der Waals surface area contributed by atoms with E-state index in [9.17, 15) is 13.2 Å². The third kappa shape index (κ3) is 5.47. The van der Waals surface area contributed by atoms with E-state index in [4.69, 9.17) is 13.0 Å². The minimum absolute atomic E-state index is 0.0676. The summed E-state index contributed by atoms with van der Waals surface area (Å²) in [7, 11) is -2.84. The molecule has 1 aliphatic heterocycles. The maximum Gasteiger partial charge on any atom is 0.277 e. The molecule has 0 spiro atoms. The fraction of sp³-hybridized carbons (Fsp3) is 0.560. The first-order valence-corrected chi connectivity index (χ1v) is 13.5. The van der Waals surface area contributed by atoms with Crippen molar-refractivity contribution in [2.75, 3.05) is 26.6 Å². The average molecular weight is 523 g/mol. The fourth-order valence-electron chi connectivity index (χ4n) is 4.19. The van der Waals surface area contributed by atoms with Crippen LogP contribution in [0.1, 0.15) is 59.8 Å². The molecule has 0 saturated carbocycles. The molecule has 3 heterocycles. The molecule has 196 valence electrons. The number of hydrogen-bond acceptors (Lipinski definition) is 7. The van der Waals surface area contributed by atoms with Crippen molar-refractivity contribution < 1.29 is 21.4 Å². The molecule has 0 amide bonds. The molecule has 2 N–H and O–H groups in total. The van der Waals surface area contributed by atoms with Gasteiger partial charge >= 0.3 is 0 Å². The number of nitrogens with one attached hydrogen (secondary N) is 2. The van der Waals surface area contributed by atoms with Gasteiger partial charge in [-0.2, -0.15) is 5.10 Å². The van der Waals surface area contributed by atoms with Crippen molar-refractivity contribution in [3.63, 3.8) is 0 Å². The number of aryl methyl sites for hydroxylation is 2. The third-order valence-electron chi connectivity index (χ3n) is 5.97. The molecule has 2 atom stereocenters. The first-order valence-electron chi connectivity index (χ1n) is 15.1. The van der Waals surface area contributed by atoms with Gasteiger partial charge in [-0.1, -0.05) is 20.3 Å². The van der Waals surface area contributed by atoms with Crippen molar-refractivity contribution in [2.45, 2.75) is 63.3 Å². The van der Waals surface area contributed by atoms with Gasteiger partial charge in [0.15, 0.2) is 5.52 Å². The first kappa shape index (κ1) is 19.4. The number of likely N-dealkylation sites (tertiary alicyclic amines) is 1. The van der Waals surface area contributed by atoms with Crippen LogP contribution < -0.4 is 15.0 Å². The SMILES string of the molecule is [2H]C(NS(=O)(=O)c1ccc(OCCC)c(-c2nc3c(CCC)nn(C)c3c(=O)[nH]2)c1)C([2H])([2H])C1CCCN1C([2H])([2H])[2H]. The number of aromatic amines is 1. The van der Waals surface area contributed by atoms with Gasteiger partial charge in [-0.25, -0.2) is 18.1 Å². The van der Waals surface area contributed by atoms with Gasteiger partial charge < -0.3 is 14.6 Å². The molecule has 36 heavy (non-hydrogen) atoms. The van der Waals surface area contributed by atoms with E-state index in [2.05, 4.69) is 19.8 Å². The summed E-state index contributed by atoms with van der Waals surface area (Å²) in [4.78, 5) is 21.1. The van der Waals surface area contributed by atoms with Gasteiger partial charge in [-0.05, 0) is 63.8 Å². The highest BCUT2D eigenvalue weighted by atomic mass is 32.2. The minimum Gasteiger partial charge on any atom is -0.493 e. The van der Waals surface area contributed by atoms with Gasteiger partial charge in [0.1, 0.15) is 17.1 Å². The molecule has 0 aliphatic carbocycles. The van der Waals surface area contributed by atoms with E-state index in [1.165, 1.54) is 22.9 Å². The van der Waals surface area contributed by atoms with E-state index in [0.29, 0.717) is 37.1 Å². The highest BCUT2D eigenvalue weighted by molar-refractivity contribution is 7.89. The Balaban J connectivity index is 1.74. The fourth-order valence-corrected chi connectivity index (χ4v) is 5.07. The summed E-state index contributed by atoms with van der Waals surface area (Å²) in [5.74, 6) is 0.342. The first-order chi connectivity index (χ1) is 19.6. The maximum absolute atomic E-state index is 13.4. The van der Waals surface area contributed by atoms with Crippen molar-refractivity contribution in [3.05, 3.63) is 34.2 Å². The molecule has 3 aromatic rings. The summed E-state index contributed by atoms with van der Waals surface area (Å²) in [6.07, 6.45) is 0.0873. The van der Waals surface area contributed by atoms with E-state index in [1.807, 2.05) is 13.8 Å². The Morgan fingerprint density at radius 1 is 1.33 bits per heavy atom. The molecule has 2 unspecified atom stereocenters. The van der Waals surface area contributed by atoms with Gasteiger partial charge in [0.2, 0.25) is 10.0 Å². The molecular weight excluding hydrogens is 480 g/mol. The number of aromatic nitrogens is 4. The van der Waals surface area contributed by atoms with E-state index < -0.39 is 41.5 Å². The largest absolute Gasteiger partial charge is 0.493 e. The Kier molecular flexibility index (Phi) is 5.97. The molecule has 1 fully saturated rings. The van der Waals surface area contributed by atoms with Crippen molar-refractivity contribution in [3.8, 4) is 17.1 Å². The highest BCUT2D eigenvalue weighted by Crippen LogP contribution is 2.31. The van der Waals surface area contributed by atoms with E-state index in [-0.39, 0.29) is 40.5 Å². The molecule has 2 aromatic heterocycles. The summed E-state index contributed by atoms with van der Waals surface area (Å²) in [5.41, 5.74) is 1.02. The zero-order chi connectivity index (χ0) is 31.0. The van der Waals surface area contributed by atoms with Crippen LogP contribution in [0.2, 0.25) is 0 Å². The summed E-state index contributed by atoms with van der Waals surface area (Å²) >= 11 is 0. The number of H-pyrrole nitrogens is 1. The maximum atomic E-state index is 13.4. The molecule has 1 aliphatic rings. The molecular formula is C25H36N6O4S. The normalized spacial score (nSPS) is 20.8. The van der Waals surface area contributed by atoms with Crippen LogP contribution in [0.15, 0.2) is 27.9 Å². The second kappa shape index (κ2) is 11.1. The van der Waals surface area contributed by atoms with E-state index in [1.54, 1.807) is 7.05 Å². The van der Waals surface area contributed by atoms with E-state index in [0.717, 1.165) is 11.3 Å². The number of sulfonamides is 1. The molecule has 10 nitrogen and oxygen atoms in total. The van der Waals surface area contributed by atoms with Crippen LogP contribution >= 0.6 is 0 Å². The number of hydrogen-bond donors (Lipinski definition) is 2. The highest BCUT2D eigenvalue weighted by Gasteiger charge is 2.23. The minimum atomic E-state index is -4.49. The van der Waals surface area contributed by atoms with Crippen LogP contribution in [0.4, 0.5) is 0 Å². The lowest BCUT2D eigenvalue weighted by Crippen LogP contribution is -2.31. The topological polar surface area (TPSA) is 122 Å². The number of rotatable bonds is 11. The standard InChI is InChI=1S/C25H36N6O4S/c1-5-8-20-22-23(31(4)29-20)25(32)28-24(27-22)19-16-18(10-11-21(19)35-15-6-2)36(33,34)26-13-12-17-9-7-14-30(17)3/h10-11,16-17,26H,5-9,12-15H2,1-4H3,(H,27,28,32)/i3D3,12D2,13D. The quantitative estimate of drug-likeness (QED) is 0.397. The van der Waals surface area contributed by atoms with Gasteiger partial charge in [-0.15, -0.1) is 0 Å². The average Bonchev–Trinajstić information content (AvgIpc) is 3.53. The molecule has 4 rings (SSSR count). The van der Waals surface area contributed by atoms with Gasteiger partial charge in [0, 0.05) is 27.8 Å². The Labute approximate surface area is 220 Å². The van der Waals surface area contributed by atoms with Crippen molar-refractivity contribution in [1.82, 2.24) is 29.4 Å². The van der Waals surface area contributed by atoms with Crippen LogP contribution in [0.5, 0.6) is 5.75 Å². The van der Waals surface area contributed by atoms with Crippen LogP contribution in [0.25, 0.3) is 22.4 Å². The summed E-state index contributed by atoms with van der Waals surface area (Å²) in [5, 5.41) is 4.41. The Morgan fingerprint density at radius 2 is 2.17 bits per heavy atom. The zero-order valence-electron chi connectivity index (χ0n) is 26.7. The zero-order valence-corrected chi connectivity index (χ0v) is 21.5. The predicted molar refractivity (Wildman–Crippen MR) is 140 cm³/mol. The van der Waals surface area contributed by atoms with E-state index >= 15 is 0 Å². The Morgan fingerprint density at radius 3 is 2.92 bits per heavy atom. The van der Waals surface area contributed by atoms with Gasteiger partial charge in [0.25, 0.3) is 5.56 Å². The number of nitrogens with zero attached hydrogens (tertiary/aromatic N) is 4. The third-order valence-corrected chi connectivity index (χ3v) is 7.27. The van der Waals surface area contributed by atoms with Gasteiger partial charge in [0.05, 0.1) is 22.8 Å². The second-order valence-electron chi connectivity index (χ2n) is 8.72. The van der Waals surface area contributed by atoms with Crippen molar-refractivity contribution in [1.29, 1.82) is 0 Å². The molecule has 0 radical (unpaired) electrons. The van der Waals surface area contributed by atoms with Crippen LogP contribution in [0.3, 0.4) is 0 Å². The lowest BCUT2D eigenvalue weighted by atomic mass is 10.1. The lowest BCUT2D eigenvalue weighted by molar-refractivity contribution is 0.297. The summed E-state index contributed by atoms with van der Waals surface area (Å²) < 4.78 is 84.8. The lowest BCUT2D eigenvalue weighted by Gasteiger charge is -2.19. The Bertz CT molecular complexity index is 1610. The predicted octanol–water partition coefficient (Wildman–Crippen LogP) is 2.83. The Hall–Kier alpha value is -2.76. The summed E-state index contributed by atoms with van der Waals surface area (Å²) in [6.45, 7) is -0.268. The number of fused-ring (bicyclic) bond motifs is 1. The smallest absolute Gasteiger partial charge is 0.277 e. The van der Waals surface area contributed by atoms with Crippen molar-refractivity contribution in [2.24, 2.45) is 7.05 Å². The molecule has 0 bridgehead atoms. The number of ether oxygens (including phenoxy) is 1. The number of benzene rings is 1. The van der Waals surface area contributed by atoms with Crippen LogP contribution in [-0.4, -0.2) is 65.8 Å². The molecule has 1 aromatic carbocycles. The van der Waals surface area contributed by atoms with Crippen LogP contribution in [0, 0.1) is 0 Å². The monoisotopic (exact) mass is 522 g/mol. The summed E-state index contributed by atoms with van der Waals surface area (Å²) in [6, 6.07) is 2.75. The van der Waals surface area contributed by atoms with Crippen LogP contribution in [-0.2, 0) is 23.5 Å².